The highest BCUT2D eigenvalue weighted by atomic mass is 35.5. The number of aromatic nitrogens is 1. The Morgan fingerprint density at radius 1 is 1.33 bits per heavy atom. The number of anilines is 1. The number of benzene rings is 1. The van der Waals surface area contributed by atoms with Crippen LogP contribution in [-0.4, -0.2) is 18.6 Å². The van der Waals surface area contributed by atoms with Gasteiger partial charge >= 0.3 is 0 Å². The van der Waals surface area contributed by atoms with Crippen LogP contribution >= 0.6 is 22.9 Å². The van der Waals surface area contributed by atoms with Gasteiger partial charge in [0.2, 0.25) is 0 Å². The molecule has 0 saturated carbocycles. The van der Waals surface area contributed by atoms with Crippen molar-refractivity contribution in [2.75, 3.05) is 18.5 Å². The topological polar surface area (TPSA) is 28.2 Å². The van der Waals surface area contributed by atoms with Crippen LogP contribution in [0.4, 0.5) is 5.13 Å². The Bertz CT molecular complexity index is 583. The minimum Gasteiger partial charge on any atom is -0.347 e. The lowest BCUT2D eigenvalue weighted by molar-refractivity contribution is 0.678. The van der Waals surface area contributed by atoms with Gasteiger partial charge in [0.05, 0.1) is 5.69 Å². The zero-order chi connectivity index (χ0) is 15.2. The van der Waals surface area contributed by atoms with Crippen molar-refractivity contribution in [3.05, 3.63) is 45.4 Å². The van der Waals surface area contributed by atoms with Gasteiger partial charge in [0.25, 0.3) is 0 Å². The van der Waals surface area contributed by atoms with E-state index in [0.717, 1.165) is 47.5 Å². The van der Waals surface area contributed by atoms with Crippen LogP contribution in [-0.2, 0) is 13.1 Å². The predicted octanol–water partition coefficient (Wildman–Crippen LogP) is 4.24. The zero-order valence-corrected chi connectivity index (χ0v) is 14.4. The highest BCUT2D eigenvalue weighted by Gasteiger charge is 2.12. The molecule has 0 radical (unpaired) electrons. The van der Waals surface area contributed by atoms with E-state index in [-0.39, 0.29) is 0 Å². The van der Waals surface area contributed by atoms with Gasteiger partial charge in [-0.15, -0.1) is 11.3 Å². The van der Waals surface area contributed by atoms with E-state index in [1.54, 1.807) is 11.3 Å². The molecule has 0 aliphatic rings. The lowest BCUT2D eigenvalue weighted by Gasteiger charge is -2.16. The third kappa shape index (κ3) is 4.43. The standard InChI is InChI=1S/C16H22ClN3S/c1-4-9-18-10-15-12(2)19-16(21-15)20(3)11-13-7-5-6-8-14(13)17/h5-8,18H,4,9-11H2,1-3H3. The van der Waals surface area contributed by atoms with Crippen LogP contribution in [0.25, 0.3) is 0 Å². The van der Waals surface area contributed by atoms with E-state index in [2.05, 4.69) is 42.2 Å². The van der Waals surface area contributed by atoms with Crippen LogP contribution in [0.15, 0.2) is 24.3 Å². The molecule has 3 nitrogen and oxygen atoms in total. The van der Waals surface area contributed by atoms with Gasteiger partial charge in [-0.2, -0.15) is 0 Å². The Balaban J connectivity index is 2.04. The van der Waals surface area contributed by atoms with Crippen molar-refractivity contribution in [1.29, 1.82) is 0 Å². The summed E-state index contributed by atoms with van der Waals surface area (Å²) in [4.78, 5) is 8.14. The molecule has 0 amide bonds. The molecule has 0 saturated heterocycles. The Hall–Kier alpha value is -1.10. The molecule has 1 heterocycles. The first-order chi connectivity index (χ1) is 10.1. The molecule has 0 fully saturated rings. The van der Waals surface area contributed by atoms with Crippen LogP contribution in [0.5, 0.6) is 0 Å². The molecule has 0 atom stereocenters. The maximum absolute atomic E-state index is 6.22. The van der Waals surface area contributed by atoms with Crippen LogP contribution < -0.4 is 10.2 Å². The number of thiazole rings is 1. The van der Waals surface area contributed by atoms with Crippen LogP contribution in [0.2, 0.25) is 5.02 Å². The summed E-state index contributed by atoms with van der Waals surface area (Å²) in [7, 11) is 2.06. The monoisotopic (exact) mass is 323 g/mol. The second-order valence-corrected chi connectivity index (χ2v) is 6.60. The number of nitrogens with zero attached hydrogens (tertiary/aromatic N) is 2. The third-order valence-corrected chi connectivity index (χ3v) is 4.93. The molecule has 0 unspecified atom stereocenters. The Morgan fingerprint density at radius 3 is 2.81 bits per heavy atom. The molecule has 2 rings (SSSR count). The van der Waals surface area contributed by atoms with Gasteiger partial charge in [0, 0.05) is 30.0 Å². The first-order valence-electron chi connectivity index (χ1n) is 7.23. The molecule has 114 valence electrons. The Labute approximate surface area is 136 Å². The summed E-state index contributed by atoms with van der Waals surface area (Å²) in [5.41, 5.74) is 2.24. The second-order valence-electron chi connectivity index (χ2n) is 5.13. The summed E-state index contributed by atoms with van der Waals surface area (Å²) < 4.78 is 0. The molecule has 0 spiro atoms. The van der Waals surface area contributed by atoms with E-state index in [9.17, 15) is 0 Å². The first-order valence-corrected chi connectivity index (χ1v) is 8.42. The fourth-order valence-electron chi connectivity index (χ4n) is 2.07. The molecule has 1 N–H and O–H groups in total. The molecule has 0 bridgehead atoms. The minimum atomic E-state index is 0.772. The van der Waals surface area contributed by atoms with Crippen molar-refractivity contribution in [2.45, 2.75) is 33.4 Å². The molecule has 5 heteroatoms. The largest absolute Gasteiger partial charge is 0.347 e. The Kier molecular flexibility index (Phi) is 6.03. The molecular weight excluding hydrogens is 302 g/mol. The van der Waals surface area contributed by atoms with Gasteiger partial charge in [0.15, 0.2) is 5.13 Å². The smallest absolute Gasteiger partial charge is 0.185 e. The fraction of sp³-hybridized carbons (Fsp3) is 0.438. The van der Waals surface area contributed by atoms with Gasteiger partial charge in [-0.05, 0) is 31.5 Å². The summed E-state index contributed by atoms with van der Waals surface area (Å²) >= 11 is 7.98. The summed E-state index contributed by atoms with van der Waals surface area (Å²) in [5, 5.41) is 5.28. The van der Waals surface area contributed by atoms with Crippen LogP contribution in [0.1, 0.15) is 29.5 Å². The average Bonchev–Trinajstić information content (AvgIpc) is 2.83. The molecule has 0 aliphatic carbocycles. The zero-order valence-electron chi connectivity index (χ0n) is 12.8. The lowest BCUT2D eigenvalue weighted by atomic mass is 10.2. The summed E-state index contributed by atoms with van der Waals surface area (Å²) in [5.74, 6) is 0. The van der Waals surface area contributed by atoms with E-state index < -0.39 is 0 Å². The predicted molar refractivity (Wildman–Crippen MR) is 92.4 cm³/mol. The number of halogens is 1. The normalized spacial score (nSPS) is 10.9. The number of hydrogen-bond acceptors (Lipinski definition) is 4. The van der Waals surface area contributed by atoms with Gasteiger partial charge < -0.3 is 10.2 Å². The van der Waals surface area contributed by atoms with Crippen molar-refractivity contribution < 1.29 is 0 Å². The molecule has 21 heavy (non-hydrogen) atoms. The van der Waals surface area contributed by atoms with Gasteiger partial charge in [-0.25, -0.2) is 4.98 Å². The molecule has 0 aliphatic heterocycles. The minimum absolute atomic E-state index is 0.772. The highest BCUT2D eigenvalue weighted by molar-refractivity contribution is 7.15. The molecular formula is C16H22ClN3S. The highest BCUT2D eigenvalue weighted by Crippen LogP contribution is 2.27. The van der Waals surface area contributed by atoms with E-state index in [1.807, 2.05) is 18.2 Å². The quantitative estimate of drug-likeness (QED) is 0.772. The fourth-order valence-corrected chi connectivity index (χ4v) is 3.25. The number of nitrogens with one attached hydrogen (secondary N) is 1. The Morgan fingerprint density at radius 2 is 2.10 bits per heavy atom. The molecule has 1 aromatic heterocycles. The van der Waals surface area contributed by atoms with E-state index in [0.29, 0.717) is 0 Å². The number of rotatable bonds is 7. The third-order valence-electron chi connectivity index (χ3n) is 3.29. The van der Waals surface area contributed by atoms with E-state index in [4.69, 9.17) is 11.6 Å². The van der Waals surface area contributed by atoms with Crippen LogP contribution in [0, 0.1) is 6.92 Å². The summed E-state index contributed by atoms with van der Waals surface area (Å²) in [6.07, 6.45) is 1.15. The maximum atomic E-state index is 6.22. The van der Waals surface area contributed by atoms with E-state index >= 15 is 0 Å². The van der Waals surface area contributed by atoms with Crippen molar-refractivity contribution in [3.63, 3.8) is 0 Å². The number of aryl methyl sites for hydroxylation is 1. The van der Waals surface area contributed by atoms with E-state index in [1.165, 1.54) is 4.88 Å². The number of hydrogen-bond donors (Lipinski definition) is 1. The van der Waals surface area contributed by atoms with Crippen molar-refractivity contribution in [2.24, 2.45) is 0 Å². The van der Waals surface area contributed by atoms with Gasteiger partial charge in [0.1, 0.15) is 0 Å². The van der Waals surface area contributed by atoms with Crippen molar-refractivity contribution >= 4 is 28.1 Å². The van der Waals surface area contributed by atoms with Gasteiger partial charge in [-0.1, -0.05) is 36.7 Å². The summed E-state index contributed by atoms with van der Waals surface area (Å²) in [6, 6.07) is 7.96. The maximum Gasteiger partial charge on any atom is 0.185 e. The van der Waals surface area contributed by atoms with Crippen molar-refractivity contribution in [1.82, 2.24) is 10.3 Å². The average molecular weight is 324 g/mol. The van der Waals surface area contributed by atoms with Gasteiger partial charge in [-0.3, -0.25) is 0 Å². The second kappa shape index (κ2) is 7.78. The summed E-state index contributed by atoms with van der Waals surface area (Å²) in [6.45, 7) is 6.97. The van der Waals surface area contributed by atoms with Crippen molar-refractivity contribution in [3.8, 4) is 0 Å². The molecule has 1 aromatic carbocycles. The lowest BCUT2D eigenvalue weighted by Crippen LogP contribution is -2.16. The first kappa shape index (κ1) is 16.3. The SMILES string of the molecule is CCCNCc1sc(N(C)Cc2ccccc2Cl)nc1C. The van der Waals surface area contributed by atoms with Crippen LogP contribution in [0.3, 0.4) is 0 Å². The molecule has 2 aromatic rings.